The van der Waals surface area contributed by atoms with Gasteiger partial charge in [-0.05, 0) is 24.3 Å². The summed E-state index contributed by atoms with van der Waals surface area (Å²) in [6.45, 7) is 4.07. The summed E-state index contributed by atoms with van der Waals surface area (Å²) in [5.74, 6) is -0.674. The largest absolute Gasteiger partial charge is 0.354 e. The van der Waals surface area contributed by atoms with E-state index in [2.05, 4.69) is 16.0 Å². The van der Waals surface area contributed by atoms with Crippen molar-refractivity contribution < 1.29 is 14.5 Å². The van der Waals surface area contributed by atoms with Gasteiger partial charge < -0.3 is 16.0 Å². The quantitative estimate of drug-likeness (QED) is 0.376. The number of nitrogens with one attached hydrogen (secondary N) is 3. The maximum atomic E-state index is 12.2. The number of benzene rings is 2. The fraction of sp³-hybridized carbons (Fsp3) is 0.263. The highest BCUT2D eigenvalue weighted by Crippen LogP contribution is 2.28. The molecule has 0 atom stereocenters. The van der Waals surface area contributed by atoms with Crippen molar-refractivity contribution in [1.82, 2.24) is 10.6 Å². The van der Waals surface area contributed by atoms with Gasteiger partial charge in [0, 0.05) is 36.3 Å². The Bertz CT molecular complexity index is 822. The Morgan fingerprint density at radius 3 is 2.33 bits per heavy atom. The van der Waals surface area contributed by atoms with E-state index < -0.39 is 10.8 Å². The first-order chi connectivity index (χ1) is 12.9. The smallest absolute Gasteiger partial charge is 0.293 e. The second kappa shape index (κ2) is 9.33. The number of nitro benzene ring substituents is 1. The molecule has 0 spiro atoms. The van der Waals surface area contributed by atoms with Gasteiger partial charge >= 0.3 is 0 Å². The van der Waals surface area contributed by atoms with Crippen LogP contribution in [0, 0.1) is 16.0 Å². The Labute approximate surface area is 157 Å². The standard InChI is InChI=1S/C19H22N4O4/c1-13(2)18(24)20-10-11-21-19(25)14-8-9-16(17(12-14)23(26)27)22-15-6-4-3-5-7-15/h3-9,12-13,22H,10-11H2,1-2H3,(H,20,24)(H,21,25). The van der Waals surface area contributed by atoms with E-state index in [1.807, 2.05) is 18.2 Å². The van der Waals surface area contributed by atoms with Crippen LogP contribution in [-0.4, -0.2) is 29.8 Å². The molecular weight excluding hydrogens is 348 g/mol. The van der Waals surface area contributed by atoms with Crippen LogP contribution in [-0.2, 0) is 4.79 Å². The van der Waals surface area contributed by atoms with Crippen molar-refractivity contribution >= 4 is 28.9 Å². The predicted octanol–water partition coefficient (Wildman–Crippen LogP) is 2.84. The van der Waals surface area contributed by atoms with Gasteiger partial charge in [0.05, 0.1) is 4.92 Å². The van der Waals surface area contributed by atoms with E-state index in [9.17, 15) is 19.7 Å². The van der Waals surface area contributed by atoms with Crippen molar-refractivity contribution in [2.24, 2.45) is 5.92 Å². The van der Waals surface area contributed by atoms with Crippen molar-refractivity contribution in [3.63, 3.8) is 0 Å². The van der Waals surface area contributed by atoms with Crippen LogP contribution in [0.2, 0.25) is 0 Å². The molecule has 2 rings (SSSR count). The Kier molecular flexibility index (Phi) is 6.87. The molecule has 0 unspecified atom stereocenters. The summed E-state index contributed by atoms with van der Waals surface area (Å²) in [7, 11) is 0. The van der Waals surface area contributed by atoms with E-state index in [0.29, 0.717) is 17.9 Å². The molecule has 0 aliphatic carbocycles. The molecule has 27 heavy (non-hydrogen) atoms. The first-order valence-corrected chi connectivity index (χ1v) is 8.55. The Morgan fingerprint density at radius 1 is 1.04 bits per heavy atom. The SMILES string of the molecule is CC(C)C(=O)NCCNC(=O)c1ccc(Nc2ccccc2)c([N+](=O)[O-])c1. The number of anilines is 2. The van der Waals surface area contributed by atoms with Gasteiger partial charge in [-0.15, -0.1) is 0 Å². The summed E-state index contributed by atoms with van der Waals surface area (Å²) in [5, 5.41) is 19.7. The topological polar surface area (TPSA) is 113 Å². The molecule has 8 heteroatoms. The summed E-state index contributed by atoms with van der Waals surface area (Å²) in [4.78, 5) is 34.5. The van der Waals surface area contributed by atoms with Crippen LogP contribution >= 0.6 is 0 Å². The summed E-state index contributed by atoms with van der Waals surface area (Å²) in [5.41, 5.74) is 0.987. The summed E-state index contributed by atoms with van der Waals surface area (Å²) in [6.07, 6.45) is 0. The second-order valence-electron chi connectivity index (χ2n) is 6.18. The van der Waals surface area contributed by atoms with E-state index in [4.69, 9.17) is 0 Å². The van der Waals surface area contributed by atoms with Gasteiger partial charge in [0.2, 0.25) is 5.91 Å². The molecule has 0 saturated carbocycles. The van der Waals surface area contributed by atoms with Gasteiger partial charge in [-0.1, -0.05) is 32.0 Å². The fourth-order valence-corrected chi connectivity index (χ4v) is 2.27. The van der Waals surface area contributed by atoms with Gasteiger partial charge in [0.15, 0.2) is 0 Å². The van der Waals surface area contributed by atoms with Crippen molar-refractivity contribution in [1.29, 1.82) is 0 Å². The molecule has 2 amide bonds. The monoisotopic (exact) mass is 370 g/mol. The molecule has 0 aliphatic rings. The Morgan fingerprint density at radius 2 is 1.70 bits per heavy atom. The van der Waals surface area contributed by atoms with Crippen molar-refractivity contribution in [2.45, 2.75) is 13.8 Å². The number of rotatable bonds is 8. The van der Waals surface area contributed by atoms with Crippen LogP contribution in [0.15, 0.2) is 48.5 Å². The van der Waals surface area contributed by atoms with Crippen LogP contribution in [0.3, 0.4) is 0 Å². The summed E-state index contributed by atoms with van der Waals surface area (Å²) in [6, 6.07) is 13.3. The lowest BCUT2D eigenvalue weighted by Crippen LogP contribution is -2.36. The third-order valence-electron chi connectivity index (χ3n) is 3.74. The zero-order valence-corrected chi connectivity index (χ0v) is 15.2. The second-order valence-corrected chi connectivity index (χ2v) is 6.18. The van der Waals surface area contributed by atoms with E-state index in [0.717, 1.165) is 0 Å². The molecule has 0 radical (unpaired) electrons. The van der Waals surface area contributed by atoms with E-state index in [-0.39, 0.29) is 29.6 Å². The first-order valence-electron chi connectivity index (χ1n) is 8.55. The van der Waals surface area contributed by atoms with E-state index in [1.54, 1.807) is 26.0 Å². The predicted molar refractivity (Wildman–Crippen MR) is 103 cm³/mol. The van der Waals surface area contributed by atoms with E-state index in [1.165, 1.54) is 18.2 Å². The average Bonchev–Trinajstić information content (AvgIpc) is 2.65. The minimum atomic E-state index is -0.537. The molecule has 2 aromatic carbocycles. The lowest BCUT2D eigenvalue weighted by Gasteiger charge is -2.10. The molecule has 0 bridgehead atoms. The number of nitro groups is 1. The van der Waals surface area contributed by atoms with Crippen LogP contribution in [0.5, 0.6) is 0 Å². The van der Waals surface area contributed by atoms with Gasteiger partial charge in [0.25, 0.3) is 11.6 Å². The van der Waals surface area contributed by atoms with Gasteiger partial charge in [-0.3, -0.25) is 19.7 Å². The van der Waals surface area contributed by atoms with Crippen LogP contribution in [0.1, 0.15) is 24.2 Å². The highest BCUT2D eigenvalue weighted by Gasteiger charge is 2.17. The van der Waals surface area contributed by atoms with Crippen LogP contribution in [0.4, 0.5) is 17.1 Å². The minimum absolute atomic E-state index is 0.101. The first kappa shape index (κ1) is 19.9. The molecule has 8 nitrogen and oxygen atoms in total. The van der Waals surface area contributed by atoms with Crippen molar-refractivity contribution in [2.75, 3.05) is 18.4 Å². The maximum absolute atomic E-state index is 12.2. The zero-order chi connectivity index (χ0) is 19.8. The molecule has 0 heterocycles. The molecular formula is C19H22N4O4. The number of amides is 2. The fourth-order valence-electron chi connectivity index (χ4n) is 2.27. The molecule has 0 fully saturated rings. The van der Waals surface area contributed by atoms with E-state index >= 15 is 0 Å². The number of hydrogen-bond acceptors (Lipinski definition) is 5. The maximum Gasteiger partial charge on any atom is 0.293 e. The lowest BCUT2D eigenvalue weighted by molar-refractivity contribution is -0.383. The normalized spacial score (nSPS) is 10.3. The Balaban J connectivity index is 2.03. The highest BCUT2D eigenvalue weighted by molar-refractivity contribution is 5.96. The zero-order valence-electron chi connectivity index (χ0n) is 15.2. The molecule has 3 N–H and O–H groups in total. The molecule has 142 valence electrons. The van der Waals surface area contributed by atoms with Crippen molar-refractivity contribution in [3.8, 4) is 0 Å². The van der Waals surface area contributed by atoms with Crippen LogP contribution < -0.4 is 16.0 Å². The average molecular weight is 370 g/mol. The third-order valence-corrected chi connectivity index (χ3v) is 3.74. The summed E-state index contributed by atoms with van der Waals surface area (Å²) >= 11 is 0. The van der Waals surface area contributed by atoms with Crippen LogP contribution in [0.25, 0.3) is 0 Å². The van der Waals surface area contributed by atoms with Gasteiger partial charge in [-0.2, -0.15) is 0 Å². The Hall–Kier alpha value is -3.42. The minimum Gasteiger partial charge on any atom is -0.354 e. The molecule has 0 aliphatic heterocycles. The van der Waals surface area contributed by atoms with Gasteiger partial charge in [-0.25, -0.2) is 0 Å². The number of para-hydroxylation sites is 1. The number of hydrogen-bond donors (Lipinski definition) is 3. The van der Waals surface area contributed by atoms with Gasteiger partial charge in [0.1, 0.15) is 5.69 Å². The number of carbonyl (C=O) groups is 2. The molecule has 2 aromatic rings. The third kappa shape index (κ3) is 5.81. The molecule has 0 saturated heterocycles. The number of nitrogens with zero attached hydrogens (tertiary/aromatic N) is 1. The summed E-state index contributed by atoms with van der Waals surface area (Å²) < 4.78 is 0. The number of carbonyl (C=O) groups excluding carboxylic acids is 2. The highest BCUT2D eigenvalue weighted by atomic mass is 16.6. The molecule has 0 aromatic heterocycles. The van der Waals surface area contributed by atoms with Crippen molar-refractivity contribution in [3.05, 3.63) is 64.2 Å². The lowest BCUT2D eigenvalue weighted by atomic mass is 10.1.